The molecule has 20 nitrogen and oxygen atoms in total. The summed E-state index contributed by atoms with van der Waals surface area (Å²) in [6.07, 6.45) is 2.64. The summed E-state index contributed by atoms with van der Waals surface area (Å²) in [4.78, 5) is 92.0. The number of aryl methyl sites for hydroxylation is 2. The monoisotopic (exact) mass is 1050 g/mol. The molecule has 76 heavy (non-hydrogen) atoms. The van der Waals surface area contributed by atoms with Crippen molar-refractivity contribution in [1.82, 2.24) is 15.1 Å². The highest BCUT2D eigenvalue weighted by molar-refractivity contribution is 5.92. The Labute approximate surface area is 440 Å². The molecule has 0 aliphatic rings. The van der Waals surface area contributed by atoms with Crippen molar-refractivity contribution in [3.8, 4) is 34.5 Å². The highest BCUT2D eigenvalue weighted by Gasteiger charge is 2.50. The quantitative estimate of drug-likeness (QED) is 0.0144. The van der Waals surface area contributed by atoms with Crippen molar-refractivity contribution in [3.05, 3.63) is 131 Å². The second kappa shape index (κ2) is 26.5. The first-order chi connectivity index (χ1) is 36.1. The molecule has 0 radical (unpaired) electrons. The van der Waals surface area contributed by atoms with Gasteiger partial charge in [-0.15, -0.1) is 0 Å². The first kappa shape index (κ1) is 58.2. The standard InChI is InChI=1S/C56H63N3O17/c1-11-55(6,51(64)74-35-72-43-20-16-40(17-21-43)49(62)76-45-26-12-38(31-46(45)68-9)13-27-47(60)69-10)33-56(7,52(65)70-29-28-57-53(66)59-37(3)30-36(2)58-59)32-54(4,5)50(63)73-34-71-42-18-14-39(15-19-42)48(61)75-44-24-22-41(67-8)23-25-44/h12-27,30-31H,11,28-29,32-35H2,1-10H3,(H,57,66)/b27-13+. The summed E-state index contributed by atoms with van der Waals surface area (Å²) >= 11 is 0. The lowest BCUT2D eigenvalue weighted by atomic mass is 9.65. The van der Waals surface area contributed by atoms with E-state index in [1.807, 2.05) is 0 Å². The lowest BCUT2D eigenvalue weighted by molar-refractivity contribution is -0.172. The number of hydrogen-bond donors (Lipinski definition) is 1. The largest absolute Gasteiger partial charge is 0.497 e. The normalized spacial score (nSPS) is 12.7. The first-order valence-electron chi connectivity index (χ1n) is 23.9. The molecule has 1 heterocycles. The van der Waals surface area contributed by atoms with Crippen molar-refractivity contribution in [2.75, 3.05) is 48.1 Å². The number of rotatable bonds is 25. The van der Waals surface area contributed by atoms with E-state index >= 15 is 0 Å². The SMILES string of the molecule is CCC(C)(CC(C)(CC(C)(C)C(=O)OCOc1ccc(C(=O)Oc2ccc(OC)cc2)cc1)C(=O)OCCNC(=O)n1nc(C)cc1C)C(=O)OCOc1ccc(C(=O)Oc2ccc(/C=C/C(=O)OC)cc2OC)cc1. The van der Waals surface area contributed by atoms with Gasteiger partial charge in [-0.2, -0.15) is 9.78 Å². The molecule has 2 unspecified atom stereocenters. The van der Waals surface area contributed by atoms with Crippen molar-refractivity contribution >= 4 is 47.9 Å². The van der Waals surface area contributed by atoms with E-state index in [9.17, 15) is 33.6 Å². The van der Waals surface area contributed by atoms with E-state index in [2.05, 4.69) is 15.2 Å². The zero-order chi connectivity index (χ0) is 55.6. The molecule has 0 saturated carbocycles. The summed E-state index contributed by atoms with van der Waals surface area (Å²) in [6.45, 7) is 10.3. The van der Waals surface area contributed by atoms with Crippen LogP contribution in [-0.4, -0.2) is 99.7 Å². The lowest BCUT2D eigenvalue weighted by Gasteiger charge is -2.39. The summed E-state index contributed by atoms with van der Waals surface area (Å²) in [6, 6.07) is 24.4. The number of hydrogen-bond acceptors (Lipinski definition) is 18. The van der Waals surface area contributed by atoms with E-state index < -0.39 is 71.7 Å². The maximum absolute atomic E-state index is 14.2. The van der Waals surface area contributed by atoms with Gasteiger partial charge in [0.25, 0.3) is 0 Å². The van der Waals surface area contributed by atoms with Crippen molar-refractivity contribution in [2.45, 2.75) is 67.7 Å². The highest BCUT2D eigenvalue weighted by Crippen LogP contribution is 2.46. The Bertz CT molecular complexity index is 2870. The van der Waals surface area contributed by atoms with E-state index in [1.54, 1.807) is 90.9 Å². The fourth-order valence-electron chi connectivity index (χ4n) is 7.96. The average Bonchev–Trinajstić information content (AvgIpc) is 3.76. The molecular formula is C56H63N3O17. The van der Waals surface area contributed by atoms with Crippen LogP contribution in [-0.2, 0) is 38.1 Å². The van der Waals surface area contributed by atoms with Crippen LogP contribution in [0.4, 0.5) is 4.79 Å². The second-order valence-corrected chi connectivity index (χ2v) is 18.6. The molecule has 0 aliphatic heterocycles. The van der Waals surface area contributed by atoms with Gasteiger partial charge in [0.1, 0.15) is 29.6 Å². The molecule has 1 aromatic heterocycles. The van der Waals surface area contributed by atoms with Gasteiger partial charge in [0, 0.05) is 11.8 Å². The molecule has 20 heteroatoms. The molecule has 0 saturated heterocycles. The van der Waals surface area contributed by atoms with Crippen LogP contribution < -0.4 is 33.7 Å². The maximum Gasteiger partial charge on any atom is 0.343 e. The predicted octanol–water partition coefficient (Wildman–Crippen LogP) is 8.63. The molecule has 0 aliphatic carbocycles. The van der Waals surface area contributed by atoms with E-state index in [0.717, 1.165) is 0 Å². The van der Waals surface area contributed by atoms with E-state index in [1.165, 1.54) is 92.8 Å². The van der Waals surface area contributed by atoms with Crippen LogP contribution in [0.3, 0.4) is 0 Å². The zero-order valence-corrected chi connectivity index (χ0v) is 44.2. The van der Waals surface area contributed by atoms with Crippen LogP contribution in [0.25, 0.3) is 6.08 Å². The number of amides is 1. The van der Waals surface area contributed by atoms with Crippen LogP contribution in [0.5, 0.6) is 34.5 Å². The molecule has 404 valence electrons. The summed E-state index contributed by atoms with van der Waals surface area (Å²) < 4.78 is 55.6. The van der Waals surface area contributed by atoms with Crippen LogP contribution in [0.2, 0.25) is 0 Å². The number of nitrogens with one attached hydrogen (secondary N) is 1. The minimum atomic E-state index is -1.53. The van der Waals surface area contributed by atoms with Crippen LogP contribution in [0, 0.1) is 30.1 Å². The Balaban J connectivity index is 1.20. The first-order valence-corrected chi connectivity index (χ1v) is 23.9. The fourth-order valence-corrected chi connectivity index (χ4v) is 7.96. The second-order valence-electron chi connectivity index (χ2n) is 18.6. The third-order valence-corrected chi connectivity index (χ3v) is 12.0. The Morgan fingerprint density at radius 1 is 0.605 bits per heavy atom. The predicted molar refractivity (Wildman–Crippen MR) is 274 cm³/mol. The van der Waals surface area contributed by atoms with Gasteiger partial charge < -0.3 is 52.7 Å². The maximum atomic E-state index is 14.2. The third kappa shape index (κ3) is 16.2. The van der Waals surface area contributed by atoms with Crippen molar-refractivity contribution in [2.24, 2.45) is 16.2 Å². The number of aromatic nitrogens is 2. The summed E-state index contributed by atoms with van der Waals surface area (Å²) in [5.74, 6) is -2.14. The summed E-state index contributed by atoms with van der Waals surface area (Å²) in [5.41, 5.74) is -1.94. The van der Waals surface area contributed by atoms with Gasteiger partial charge in [0.2, 0.25) is 13.6 Å². The number of benzene rings is 4. The molecule has 0 fully saturated rings. The molecule has 2 atom stereocenters. The molecule has 1 N–H and O–H groups in total. The van der Waals surface area contributed by atoms with Gasteiger partial charge in [-0.25, -0.2) is 19.2 Å². The van der Waals surface area contributed by atoms with E-state index in [0.29, 0.717) is 28.5 Å². The number of carbonyl (C=O) groups excluding carboxylic acids is 7. The van der Waals surface area contributed by atoms with E-state index in [-0.39, 0.29) is 66.5 Å². The Morgan fingerprint density at radius 3 is 1.70 bits per heavy atom. The van der Waals surface area contributed by atoms with Gasteiger partial charge >= 0.3 is 41.8 Å². The third-order valence-electron chi connectivity index (χ3n) is 12.0. The minimum Gasteiger partial charge on any atom is -0.497 e. The van der Waals surface area contributed by atoms with Gasteiger partial charge in [0.05, 0.1) is 60.9 Å². The summed E-state index contributed by atoms with van der Waals surface area (Å²) in [7, 11) is 4.20. The Hall–Kier alpha value is -8.68. The summed E-state index contributed by atoms with van der Waals surface area (Å²) in [5, 5.41) is 6.84. The van der Waals surface area contributed by atoms with Crippen LogP contribution in [0.1, 0.15) is 91.5 Å². The number of ether oxygens (including phenoxy) is 10. The fraction of sp³-hybridized carbons (Fsp3) is 0.357. The zero-order valence-electron chi connectivity index (χ0n) is 44.2. The molecule has 0 spiro atoms. The average molecular weight is 1050 g/mol. The lowest BCUT2D eigenvalue weighted by Crippen LogP contribution is -2.45. The Morgan fingerprint density at radius 2 is 1.16 bits per heavy atom. The van der Waals surface area contributed by atoms with Gasteiger partial charge in [0.15, 0.2) is 11.5 Å². The topological polar surface area (TPSA) is 242 Å². The van der Waals surface area contributed by atoms with Crippen molar-refractivity contribution < 1.29 is 80.9 Å². The van der Waals surface area contributed by atoms with Gasteiger partial charge in [-0.1, -0.05) is 13.0 Å². The van der Waals surface area contributed by atoms with Crippen LogP contribution in [0.15, 0.2) is 103 Å². The molecule has 1 amide bonds. The Kier molecular flexibility index (Phi) is 20.3. The molecule has 4 aromatic carbocycles. The number of nitrogens with zero attached hydrogens (tertiary/aromatic N) is 2. The number of esters is 6. The molecule has 5 aromatic rings. The van der Waals surface area contributed by atoms with Crippen molar-refractivity contribution in [1.29, 1.82) is 0 Å². The molecular weight excluding hydrogens is 987 g/mol. The molecule has 5 rings (SSSR count). The molecule has 0 bridgehead atoms. The van der Waals surface area contributed by atoms with E-state index in [4.69, 9.17) is 42.6 Å². The van der Waals surface area contributed by atoms with Gasteiger partial charge in [-0.05, 0) is 163 Å². The smallest absolute Gasteiger partial charge is 0.343 e. The highest BCUT2D eigenvalue weighted by atomic mass is 16.7. The number of methoxy groups -OCH3 is 3. The van der Waals surface area contributed by atoms with Gasteiger partial charge in [-0.3, -0.25) is 14.4 Å². The minimum absolute atomic E-state index is 0.0688. The van der Waals surface area contributed by atoms with Crippen molar-refractivity contribution in [3.63, 3.8) is 0 Å². The number of carbonyl (C=O) groups is 7. The van der Waals surface area contributed by atoms with Crippen LogP contribution >= 0.6 is 0 Å².